The van der Waals surface area contributed by atoms with Crippen molar-refractivity contribution in [3.63, 3.8) is 0 Å². The van der Waals surface area contributed by atoms with E-state index in [0.29, 0.717) is 19.5 Å². The van der Waals surface area contributed by atoms with Gasteiger partial charge in [0.1, 0.15) is 0 Å². The lowest BCUT2D eigenvalue weighted by Gasteiger charge is -2.42. The first-order valence-electron chi connectivity index (χ1n) is 7.26. The number of piperazine rings is 1. The lowest BCUT2D eigenvalue weighted by atomic mass is 10.1. The van der Waals surface area contributed by atoms with Crippen LogP contribution in [-0.2, 0) is 4.79 Å². The van der Waals surface area contributed by atoms with Crippen molar-refractivity contribution in [2.75, 3.05) is 26.2 Å². The third-order valence-electron chi connectivity index (χ3n) is 3.76. The number of nitrogens with zero attached hydrogens (tertiary/aromatic N) is 2. The Labute approximate surface area is 121 Å². The van der Waals surface area contributed by atoms with Gasteiger partial charge in [-0.2, -0.15) is 0 Å². The quantitative estimate of drug-likeness (QED) is 0.818. The van der Waals surface area contributed by atoms with Crippen LogP contribution in [0.4, 0.5) is 4.79 Å². The first-order valence-corrected chi connectivity index (χ1v) is 7.26. The smallest absolute Gasteiger partial charge is 0.317 e. The molecule has 2 N–H and O–H groups in total. The Morgan fingerprint density at radius 2 is 1.75 bits per heavy atom. The fourth-order valence-corrected chi connectivity index (χ4v) is 2.35. The summed E-state index contributed by atoms with van der Waals surface area (Å²) in [4.78, 5) is 26.9. The van der Waals surface area contributed by atoms with E-state index >= 15 is 0 Å². The molecule has 6 heteroatoms. The molecule has 1 fully saturated rings. The zero-order valence-corrected chi connectivity index (χ0v) is 13.0. The minimum absolute atomic E-state index is 0.0236. The number of carbonyl (C=O) groups is 2. The molecule has 1 aliphatic rings. The molecule has 1 aliphatic heterocycles. The van der Waals surface area contributed by atoms with Crippen LogP contribution in [0.15, 0.2) is 0 Å². The van der Waals surface area contributed by atoms with E-state index in [1.807, 2.05) is 6.92 Å². The maximum Gasteiger partial charge on any atom is 0.317 e. The third kappa shape index (κ3) is 5.00. The predicted molar refractivity (Wildman–Crippen MR) is 77.8 cm³/mol. The van der Waals surface area contributed by atoms with Gasteiger partial charge in [0.15, 0.2) is 0 Å². The summed E-state index contributed by atoms with van der Waals surface area (Å²) in [6.45, 7) is 11.5. The minimum Gasteiger partial charge on any atom is -0.481 e. The molecule has 0 spiro atoms. The van der Waals surface area contributed by atoms with Crippen LogP contribution in [0.1, 0.15) is 40.5 Å². The molecule has 20 heavy (non-hydrogen) atoms. The van der Waals surface area contributed by atoms with Gasteiger partial charge in [0.2, 0.25) is 0 Å². The van der Waals surface area contributed by atoms with Crippen molar-refractivity contribution in [2.45, 2.75) is 52.1 Å². The van der Waals surface area contributed by atoms with Crippen LogP contribution in [0.2, 0.25) is 0 Å². The molecule has 0 bridgehead atoms. The summed E-state index contributed by atoms with van der Waals surface area (Å²) >= 11 is 0. The van der Waals surface area contributed by atoms with Crippen molar-refractivity contribution < 1.29 is 14.7 Å². The number of carbonyl (C=O) groups excluding carboxylic acids is 1. The average Bonchev–Trinajstić information content (AvgIpc) is 2.36. The highest BCUT2D eigenvalue weighted by molar-refractivity contribution is 5.76. The van der Waals surface area contributed by atoms with Crippen LogP contribution in [-0.4, -0.2) is 64.7 Å². The van der Waals surface area contributed by atoms with Gasteiger partial charge in [0, 0.05) is 37.8 Å². The fraction of sp³-hybridized carbons (Fsp3) is 0.857. The lowest BCUT2D eigenvalue weighted by molar-refractivity contribution is -0.137. The average molecular weight is 285 g/mol. The Balaban J connectivity index is 2.44. The summed E-state index contributed by atoms with van der Waals surface area (Å²) in [6.07, 6.45) is 0.601. The first-order chi connectivity index (χ1) is 9.24. The third-order valence-corrected chi connectivity index (χ3v) is 3.76. The zero-order valence-electron chi connectivity index (χ0n) is 13.0. The van der Waals surface area contributed by atoms with Crippen molar-refractivity contribution in [1.29, 1.82) is 0 Å². The minimum atomic E-state index is -0.880. The van der Waals surface area contributed by atoms with Crippen molar-refractivity contribution in [2.24, 2.45) is 0 Å². The molecule has 116 valence electrons. The van der Waals surface area contributed by atoms with Gasteiger partial charge in [-0.3, -0.25) is 9.69 Å². The van der Waals surface area contributed by atoms with E-state index in [0.717, 1.165) is 13.1 Å². The zero-order chi connectivity index (χ0) is 15.3. The second-order valence-electron chi connectivity index (χ2n) is 6.30. The SMILES string of the molecule is CCC(CC(=O)O)NC(=O)N1CCN(C(C)(C)C)CC1. The number of nitrogens with one attached hydrogen (secondary N) is 1. The molecule has 1 heterocycles. The van der Waals surface area contributed by atoms with Gasteiger partial charge < -0.3 is 15.3 Å². The van der Waals surface area contributed by atoms with Crippen LogP contribution < -0.4 is 5.32 Å². The maximum atomic E-state index is 12.1. The summed E-state index contributed by atoms with van der Waals surface area (Å²) in [6, 6.07) is -0.438. The van der Waals surface area contributed by atoms with Crippen LogP contribution >= 0.6 is 0 Å². The molecule has 1 saturated heterocycles. The molecule has 0 aromatic heterocycles. The number of hydrogen-bond acceptors (Lipinski definition) is 3. The second kappa shape index (κ2) is 6.92. The van der Waals surface area contributed by atoms with Crippen LogP contribution in [0.5, 0.6) is 0 Å². The van der Waals surface area contributed by atoms with Crippen LogP contribution in [0, 0.1) is 0 Å². The van der Waals surface area contributed by atoms with Crippen molar-refractivity contribution in [3.05, 3.63) is 0 Å². The molecule has 1 unspecified atom stereocenters. The molecule has 2 amide bonds. The molecular formula is C14H27N3O3. The Hall–Kier alpha value is -1.30. The molecule has 0 saturated carbocycles. The van der Waals surface area contributed by atoms with Gasteiger partial charge in [0.25, 0.3) is 0 Å². The molecule has 6 nitrogen and oxygen atoms in total. The van der Waals surface area contributed by atoms with Crippen molar-refractivity contribution in [3.8, 4) is 0 Å². The summed E-state index contributed by atoms with van der Waals surface area (Å²) in [7, 11) is 0. The van der Waals surface area contributed by atoms with Crippen LogP contribution in [0.3, 0.4) is 0 Å². The largest absolute Gasteiger partial charge is 0.481 e. The Morgan fingerprint density at radius 1 is 1.20 bits per heavy atom. The summed E-state index contributed by atoms with van der Waals surface area (Å²) < 4.78 is 0. The second-order valence-corrected chi connectivity index (χ2v) is 6.30. The normalized spacial score (nSPS) is 18.7. The molecule has 0 aromatic rings. The molecular weight excluding hydrogens is 258 g/mol. The fourth-order valence-electron chi connectivity index (χ4n) is 2.35. The molecule has 0 radical (unpaired) electrons. The molecule has 0 aromatic carbocycles. The number of aliphatic carboxylic acids is 1. The predicted octanol–water partition coefficient (Wildman–Crippen LogP) is 1.37. The van der Waals surface area contributed by atoms with Gasteiger partial charge in [-0.15, -0.1) is 0 Å². The standard InChI is InChI=1S/C14H27N3O3/c1-5-11(10-12(18)19)15-13(20)16-6-8-17(9-7-16)14(2,3)4/h11H,5-10H2,1-4H3,(H,15,20)(H,18,19). The van der Waals surface area contributed by atoms with E-state index in [-0.39, 0.29) is 24.0 Å². The van der Waals surface area contributed by atoms with Gasteiger partial charge in [-0.1, -0.05) is 6.92 Å². The van der Waals surface area contributed by atoms with Crippen molar-refractivity contribution in [1.82, 2.24) is 15.1 Å². The highest BCUT2D eigenvalue weighted by Gasteiger charge is 2.28. The highest BCUT2D eigenvalue weighted by Crippen LogP contribution is 2.15. The van der Waals surface area contributed by atoms with E-state index in [2.05, 4.69) is 31.0 Å². The van der Waals surface area contributed by atoms with Crippen LogP contribution in [0.25, 0.3) is 0 Å². The molecule has 0 aliphatic carbocycles. The summed E-state index contributed by atoms with van der Waals surface area (Å²) in [5.41, 5.74) is 0.123. The number of urea groups is 1. The Bertz CT molecular complexity index is 344. The van der Waals surface area contributed by atoms with Gasteiger partial charge in [0.05, 0.1) is 6.42 Å². The first kappa shape index (κ1) is 16.8. The Morgan fingerprint density at radius 3 is 2.15 bits per heavy atom. The number of carboxylic acid groups (broad SMARTS) is 1. The number of amides is 2. The Kier molecular flexibility index (Phi) is 5.80. The number of hydrogen-bond donors (Lipinski definition) is 2. The monoisotopic (exact) mass is 285 g/mol. The van der Waals surface area contributed by atoms with E-state index < -0.39 is 5.97 Å². The van der Waals surface area contributed by atoms with Gasteiger partial charge in [-0.25, -0.2) is 4.79 Å². The molecule has 1 rings (SSSR count). The van der Waals surface area contributed by atoms with Gasteiger partial charge >= 0.3 is 12.0 Å². The maximum absolute atomic E-state index is 12.1. The van der Waals surface area contributed by atoms with Gasteiger partial charge in [-0.05, 0) is 27.2 Å². The van der Waals surface area contributed by atoms with Crippen molar-refractivity contribution >= 4 is 12.0 Å². The van der Waals surface area contributed by atoms with E-state index in [1.54, 1.807) is 4.90 Å². The van der Waals surface area contributed by atoms with E-state index in [4.69, 9.17) is 5.11 Å². The highest BCUT2D eigenvalue weighted by atomic mass is 16.4. The number of rotatable bonds is 4. The number of carboxylic acids is 1. The molecule has 1 atom stereocenters. The topological polar surface area (TPSA) is 72.9 Å². The van der Waals surface area contributed by atoms with E-state index in [9.17, 15) is 9.59 Å². The summed E-state index contributed by atoms with van der Waals surface area (Å²) in [5.74, 6) is -0.880. The lowest BCUT2D eigenvalue weighted by Crippen LogP contribution is -2.57. The summed E-state index contributed by atoms with van der Waals surface area (Å²) in [5, 5.41) is 11.6. The van der Waals surface area contributed by atoms with E-state index in [1.165, 1.54) is 0 Å².